The number of anilines is 1. The van der Waals surface area contributed by atoms with Crippen LogP contribution in [0.2, 0.25) is 0 Å². The number of nitrogens with zero attached hydrogens (tertiary/aromatic N) is 2. The molecule has 7 heteroatoms. The summed E-state index contributed by atoms with van der Waals surface area (Å²) in [6.45, 7) is 3.31. The number of halogens is 1. The van der Waals surface area contributed by atoms with Gasteiger partial charge >= 0.3 is 6.09 Å². The highest BCUT2D eigenvalue weighted by molar-refractivity contribution is 9.08. The molecule has 1 aliphatic rings. The van der Waals surface area contributed by atoms with Gasteiger partial charge in [0.1, 0.15) is 0 Å². The Balaban J connectivity index is 1.37. The fourth-order valence-electron chi connectivity index (χ4n) is 4.83. The van der Waals surface area contributed by atoms with Crippen LogP contribution in [0.5, 0.6) is 0 Å². The van der Waals surface area contributed by atoms with Crippen molar-refractivity contribution in [2.24, 2.45) is 0 Å². The molecular weight excluding hydrogens is 518 g/mol. The summed E-state index contributed by atoms with van der Waals surface area (Å²) >= 11 is 3.43. The molecule has 0 spiro atoms. The highest BCUT2D eigenvalue weighted by Crippen LogP contribution is 2.39. The van der Waals surface area contributed by atoms with Gasteiger partial charge in [0.2, 0.25) is 0 Å². The first kappa shape index (κ1) is 25.9. The summed E-state index contributed by atoms with van der Waals surface area (Å²) in [6.07, 6.45) is 0.836. The van der Waals surface area contributed by atoms with E-state index in [2.05, 4.69) is 26.1 Å². The minimum absolute atomic E-state index is 0.0353. The van der Waals surface area contributed by atoms with Crippen molar-refractivity contribution < 1.29 is 14.7 Å². The van der Waals surface area contributed by atoms with Gasteiger partial charge in [0.25, 0.3) is 5.91 Å². The van der Waals surface area contributed by atoms with E-state index in [4.69, 9.17) is 0 Å². The molecule has 188 valence electrons. The third kappa shape index (κ3) is 6.33. The first-order valence-corrected chi connectivity index (χ1v) is 13.4. The monoisotopic (exact) mass is 549 g/mol. The van der Waals surface area contributed by atoms with Crippen LogP contribution in [0, 0.1) is 0 Å². The van der Waals surface area contributed by atoms with Crippen molar-refractivity contribution in [3.05, 3.63) is 89.5 Å². The number of likely N-dealkylation sites (tertiary alicyclic amines) is 1. The molecule has 3 aromatic carbocycles. The molecule has 0 aliphatic carbocycles. The standard InChI is InChI=1S/C29H32BrN3O3/c1-32(28(34)24-12-10-21(20-30)11-13-24)18-19-33-16-14-23(15-17-33)26-9-5-8-25(27(26)31-29(35)36)22-6-3-2-4-7-22/h2-13,23,31H,14-20H2,1H3,(H,35,36). The third-order valence-corrected chi connectivity index (χ3v) is 7.54. The van der Waals surface area contributed by atoms with Crippen molar-refractivity contribution in [1.82, 2.24) is 9.80 Å². The van der Waals surface area contributed by atoms with E-state index < -0.39 is 6.09 Å². The zero-order chi connectivity index (χ0) is 25.5. The number of hydrogen-bond donors (Lipinski definition) is 2. The van der Waals surface area contributed by atoms with Gasteiger partial charge < -0.3 is 14.9 Å². The Kier molecular flexibility index (Phi) is 8.78. The minimum Gasteiger partial charge on any atom is -0.465 e. The van der Waals surface area contributed by atoms with Gasteiger partial charge in [-0.25, -0.2) is 4.79 Å². The van der Waals surface area contributed by atoms with Crippen molar-refractivity contribution in [3.8, 4) is 11.1 Å². The van der Waals surface area contributed by atoms with Gasteiger partial charge in [-0.1, -0.05) is 76.6 Å². The smallest absolute Gasteiger partial charge is 0.409 e. The first-order valence-electron chi connectivity index (χ1n) is 12.3. The van der Waals surface area contributed by atoms with E-state index in [0.29, 0.717) is 17.8 Å². The lowest BCUT2D eigenvalue weighted by molar-refractivity contribution is 0.0770. The van der Waals surface area contributed by atoms with E-state index in [1.165, 1.54) is 0 Å². The summed E-state index contributed by atoms with van der Waals surface area (Å²) in [5.41, 5.74) is 5.49. The normalized spacial score (nSPS) is 14.4. The number of piperidine rings is 1. The van der Waals surface area contributed by atoms with Crippen molar-refractivity contribution >= 4 is 33.6 Å². The van der Waals surface area contributed by atoms with Gasteiger partial charge in [0, 0.05) is 36.6 Å². The zero-order valence-corrected chi connectivity index (χ0v) is 22.1. The molecule has 2 amide bonds. The van der Waals surface area contributed by atoms with Gasteiger partial charge in [-0.05, 0) is 60.7 Å². The Morgan fingerprint density at radius 3 is 2.33 bits per heavy atom. The quantitative estimate of drug-likeness (QED) is 0.324. The van der Waals surface area contributed by atoms with Crippen LogP contribution in [0.25, 0.3) is 11.1 Å². The minimum atomic E-state index is -1.05. The van der Waals surface area contributed by atoms with E-state index in [0.717, 1.165) is 60.1 Å². The second kappa shape index (κ2) is 12.2. The number of benzene rings is 3. The van der Waals surface area contributed by atoms with Gasteiger partial charge in [-0.3, -0.25) is 10.1 Å². The SMILES string of the molecule is CN(CCN1CCC(c2cccc(-c3ccccc3)c2NC(=O)O)CC1)C(=O)c1ccc(CBr)cc1. The van der Waals surface area contributed by atoms with Crippen molar-refractivity contribution in [2.45, 2.75) is 24.1 Å². The van der Waals surface area contributed by atoms with E-state index in [1.54, 1.807) is 4.90 Å². The Morgan fingerprint density at radius 2 is 1.69 bits per heavy atom. The molecule has 3 aromatic rings. The number of rotatable bonds is 8. The number of alkyl halides is 1. The highest BCUT2D eigenvalue weighted by atomic mass is 79.9. The first-order chi connectivity index (χ1) is 17.5. The summed E-state index contributed by atoms with van der Waals surface area (Å²) < 4.78 is 0. The van der Waals surface area contributed by atoms with Crippen molar-refractivity contribution in [3.63, 3.8) is 0 Å². The van der Waals surface area contributed by atoms with Gasteiger partial charge in [0.15, 0.2) is 0 Å². The summed E-state index contributed by atoms with van der Waals surface area (Å²) in [7, 11) is 1.85. The molecule has 2 N–H and O–H groups in total. The second-order valence-electron chi connectivity index (χ2n) is 9.24. The Morgan fingerprint density at radius 1 is 1.00 bits per heavy atom. The topological polar surface area (TPSA) is 72.9 Å². The summed E-state index contributed by atoms with van der Waals surface area (Å²) in [5, 5.41) is 13.0. The fourth-order valence-corrected chi connectivity index (χ4v) is 5.21. The number of para-hydroxylation sites is 1. The molecule has 36 heavy (non-hydrogen) atoms. The molecule has 1 fully saturated rings. The maximum absolute atomic E-state index is 12.8. The van der Waals surface area contributed by atoms with Crippen LogP contribution in [-0.4, -0.2) is 60.1 Å². The van der Waals surface area contributed by atoms with Crippen LogP contribution in [0.4, 0.5) is 10.5 Å². The van der Waals surface area contributed by atoms with E-state index >= 15 is 0 Å². The Hall–Kier alpha value is -3.16. The molecule has 0 aromatic heterocycles. The van der Waals surface area contributed by atoms with Crippen molar-refractivity contribution in [1.29, 1.82) is 0 Å². The molecule has 1 saturated heterocycles. The lowest BCUT2D eigenvalue weighted by Gasteiger charge is -2.34. The highest BCUT2D eigenvalue weighted by Gasteiger charge is 2.25. The predicted molar refractivity (Wildman–Crippen MR) is 148 cm³/mol. The molecular formula is C29H32BrN3O3. The average Bonchev–Trinajstić information content (AvgIpc) is 2.92. The maximum atomic E-state index is 12.8. The number of amides is 2. The third-order valence-electron chi connectivity index (χ3n) is 6.89. The summed E-state index contributed by atoms with van der Waals surface area (Å²) in [6, 6.07) is 23.6. The number of carbonyl (C=O) groups excluding carboxylic acids is 1. The van der Waals surface area contributed by atoms with Gasteiger partial charge in [-0.15, -0.1) is 0 Å². The van der Waals surface area contributed by atoms with Crippen LogP contribution in [-0.2, 0) is 5.33 Å². The second-order valence-corrected chi connectivity index (χ2v) is 9.80. The molecule has 1 aliphatic heterocycles. The number of carboxylic acid groups (broad SMARTS) is 1. The molecule has 4 rings (SSSR count). The maximum Gasteiger partial charge on any atom is 0.409 e. The van der Waals surface area contributed by atoms with Gasteiger partial charge in [-0.2, -0.15) is 0 Å². The summed E-state index contributed by atoms with van der Waals surface area (Å²) in [4.78, 5) is 28.6. The van der Waals surface area contributed by atoms with E-state index in [1.807, 2.05) is 79.8 Å². The number of nitrogens with one attached hydrogen (secondary N) is 1. The number of carbonyl (C=O) groups is 2. The fraction of sp³-hybridized carbons (Fsp3) is 0.310. The number of likely N-dealkylation sites (N-methyl/N-ethyl adjacent to an activating group) is 1. The Bertz CT molecular complexity index is 1180. The van der Waals surface area contributed by atoms with Crippen LogP contribution < -0.4 is 5.32 Å². The molecule has 0 saturated carbocycles. The molecule has 0 unspecified atom stereocenters. The van der Waals surface area contributed by atoms with Gasteiger partial charge in [0.05, 0.1) is 5.69 Å². The lowest BCUT2D eigenvalue weighted by Crippen LogP contribution is -2.40. The van der Waals surface area contributed by atoms with Crippen LogP contribution in [0.1, 0.15) is 40.2 Å². The lowest BCUT2D eigenvalue weighted by atomic mass is 9.86. The number of hydrogen-bond acceptors (Lipinski definition) is 3. The van der Waals surface area contributed by atoms with Crippen molar-refractivity contribution in [2.75, 3.05) is 38.5 Å². The van der Waals surface area contributed by atoms with Crippen LogP contribution >= 0.6 is 15.9 Å². The van der Waals surface area contributed by atoms with Crippen LogP contribution in [0.15, 0.2) is 72.8 Å². The zero-order valence-electron chi connectivity index (χ0n) is 20.5. The molecule has 0 radical (unpaired) electrons. The van der Waals surface area contributed by atoms with Crippen LogP contribution in [0.3, 0.4) is 0 Å². The predicted octanol–water partition coefficient (Wildman–Crippen LogP) is 6.29. The Labute approximate surface area is 221 Å². The van der Waals surface area contributed by atoms with E-state index in [-0.39, 0.29) is 11.8 Å². The molecule has 0 bridgehead atoms. The molecule has 0 atom stereocenters. The van der Waals surface area contributed by atoms with E-state index in [9.17, 15) is 14.7 Å². The average molecular weight is 550 g/mol. The largest absolute Gasteiger partial charge is 0.465 e. The molecule has 6 nitrogen and oxygen atoms in total. The summed E-state index contributed by atoms with van der Waals surface area (Å²) in [5.74, 6) is 0.312. The molecule has 1 heterocycles.